The van der Waals surface area contributed by atoms with E-state index in [-0.39, 0.29) is 5.91 Å². The molecular weight excluding hydrogens is 480 g/mol. The van der Waals surface area contributed by atoms with Crippen LogP contribution in [-0.4, -0.2) is 39.1 Å². The predicted octanol–water partition coefficient (Wildman–Crippen LogP) is 4.28. The lowest BCUT2D eigenvalue weighted by Gasteiger charge is -2.47. The number of pyridine rings is 2. The fourth-order valence-corrected chi connectivity index (χ4v) is 5.76. The van der Waals surface area contributed by atoms with Gasteiger partial charge < -0.3 is 9.84 Å². The lowest BCUT2D eigenvalue weighted by molar-refractivity contribution is -0.148. The summed E-state index contributed by atoms with van der Waals surface area (Å²) in [4.78, 5) is 37.4. The van der Waals surface area contributed by atoms with E-state index >= 15 is 0 Å². The van der Waals surface area contributed by atoms with Gasteiger partial charge in [-0.15, -0.1) is 0 Å². The molecular formula is C27H25ClN4O4. The quantitative estimate of drug-likeness (QED) is 0.515. The molecule has 36 heavy (non-hydrogen) atoms. The minimum absolute atomic E-state index is 0.293. The van der Waals surface area contributed by atoms with Gasteiger partial charge in [0.25, 0.3) is 0 Å². The van der Waals surface area contributed by atoms with E-state index in [0.29, 0.717) is 58.9 Å². The maximum absolute atomic E-state index is 14.0. The summed E-state index contributed by atoms with van der Waals surface area (Å²) in [6.45, 7) is 3.90. The fourth-order valence-electron chi connectivity index (χ4n) is 5.64. The Morgan fingerprint density at radius 2 is 1.92 bits per heavy atom. The largest absolute Gasteiger partial charge is 0.478 e. The first kappa shape index (κ1) is 24.2. The number of hydrogen-bond acceptors (Lipinski definition) is 7. The molecule has 8 nitrogen and oxygen atoms in total. The number of aliphatic hydroxyl groups is 1. The second kappa shape index (κ2) is 8.84. The number of aromatic nitrogens is 2. The molecule has 1 aromatic carbocycles. The van der Waals surface area contributed by atoms with Crippen LogP contribution in [0.3, 0.4) is 0 Å². The third kappa shape index (κ3) is 3.89. The van der Waals surface area contributed by atoms with Crippen molar-refractivity contribution >= 4 is 40.0 Å². The van der Waals surface area contributed by atoms with Crippen LogP contribution < -0.4 is 9.64 Å². The Balaban J connectivity index is 1.49. The summed E-state index contributed by atoms with van der Waals surface area (Å²) in [7, 11) is 0. The lowest BCUT2D eigenvalue weighted by Crippen LogP contribution is -2.52. The number of benzene rings is 1. The average Bonchev–Trinajstić information content (AvgIpc) is 3.14. The van der Waals surface area contributed by atoms with E-state index in [9.17, 15) is 20.0 Å². The molecule has 2 aliphatic rings. The minimum Gasteiger partial charge on any atom is -0.478 e. The number of carbonyl (C=O) groups is 2. The first-order chi connectivity index (χ1) is 17.2. The zero-order valence-corrected chi connectivity index (χ0v) is 20.7. The standard InChI is InChI=1S/C27H25ClN4O4/c1-26(11-13-36-20-8-6-17(28)15-31-20)9-10-27(2,35)22-21(26)24(33)32(25(22)34)19-7-5-16(14-29)23-18(19)4-3-12-30-23/h3-8,12,15,21-22,35H,9-11,13H2,1-2H3/t21-,22+,26-,27+/m0/s1. The maximum Gasteiger partial charge on any atom is 0.240 e. The molecule has 1 aliphatic carbocycles. The van der Waals surface area contributed by atoms with Gasteiger partial charge in [0.1, 0.15) is 6.07 Å². The van der Waals surface area contributed by atoms with E-state index < -0.39 is 28.8 Å². The smallest absolute Gasteiger partial charge is 0.240 e. The second-order valence-corrected chi connectivity index (χ2v) is 10.5. The fraction of sp³-hybridized carbons (Fsp3) is 0.370. The highest BCUT2D eigenvalue weighted by Gasteiger charge is 2.64. The SMILES string of the molecule is C[C@@]1(CCOc2ccc(Cl)cn2)CC[C@@](C)(O)[C@H]2C(=O)N(c3ccc(C#N)c4ncccc34)C(=O)[C@H]21. The molecule has 1 saturated heterocycles. The molecule has 184 valence electrons. The Morgan fingerprint density at radius 1 is 1.14 bits per heavy atom. The number of nitrogens with zero attached hydrogens (tertiary/aromatic N) is 4. The van der Waals surface area contributed by atoms with Crippen molar-refractivity contribution in [2.75, 3.05) is 11.5 Å². The molecule has 0 radical (unpaired) electrons. The highest BCUT2D eigenvalue weighted by Crippen LogP contribution is 2.55. The molecule has 2 amide bonds. The normalized spacial score (nSPS) is 27.7. The molecule has 2 fully saturated rings. The van der Waals surface area contributed by atoms with Gasteiger partial charge in [-0.3, -0.25) is 14.6 Å². The lowest BCUT2D eigenvalue weighted by atomic mass is 9.57. The van der Waals surface area contributed by atoms with Gasteiger partial charge >= 0.3 is 0 Å². The topological polar surface area (TPSA) is 116 Å². The number of anilines is 1. The molecule has 1 aliphatic heterocycles. The summed E-state index contributed by atoms with van der Waals surface area (Å²) in [5, 5.41) is 21.8. The van der Waals surface area contributed by atoms with Gasteiger partial charge in [0.15, 0.2) is 0 Å². The summed E-state index contributed by atoms with van der Waals surface area (Å²) in [5.41, 5.74) is -0.755. The van der Waals surface area contributed by atoms with Gasteiger partial charge in [-0.2, -0.15) is 5.26 Å². The molecule has 3 aromatic rings. The summed E-state index contributed by atoms with van der Waals surface area (Å²) < 4.78 is 5.81. The maximum atomic E-state index is 14.0. The number of halogens is 1. The third-order valence-corrected chi connectivity index (χ3v) is 7.88. The van der Waals surface area contributed by atoms with E-state index in [0.717, 1.165) is 0 Å². The molecule has 9 heteroatoms. The summed E-state index contributed by atoms with van der Waals surface area (Å²) >= 11 is 5.89. The highest BCUT2D eigenvalue weighted by molar-refractivity contribution is 6.30. The summed E-state index contributed by atoms with van der Waals surface area (Å²) in [5.74, 6) is -1.98. The van der Waals surface area contributed by atoms with Crippen molar-refractivity contribution in [1.82, 2.24) is 9.97 Å². The Kier molecular flexibility index (Phi) is 5.93. The van der Waals surface area contributed by atoms with Gasteiger partial charge in [-0.1, -0.05) is 18.5 Å². The number of amides is 2. The van der Waals surface area contributed by atoms with Gasteiger partial charge in [0, 0.05) is 23.8 Å². The van der Waals surface area contributed by atoms with Crippen LogP contribution in [0.2, 0.25) is 5.02 Å². The van der Waals surface area contributed by atoms with Crippen LogP contribution in [0.5, 0.6) is 5.88 Å². The summed E-state index contributed by atoms with van der Waals surface area (Å²) in [6, 6.07) is 12.1. The average molecular weight is 505 g/mol. The predicted molar refractivity (Wildman–Crippen MR) is 133 cm³/mol. The molecule has 5 rings (SSSR count). The highest BCUT2D eigenvalue weighted by atomic mass is 35.5. The van der Waals surface area contributed by atoms with Crippen LogP contribution in [0.4, 0.5) is 5.69 Å². The van der Waals surface area contributed by atoms with Crippen LogP contribution in [0.25, 0.3) is 10.9 Å². The first-order valence-electron chi connectivity index (χ1n) is 11.8. The molecule has 4 atom stereocenters. The minimum atomic E-state index is -1.33. The first-order valence-corrected chi connectivity index (χ1v) is 12.2. The Hall–Kier alpha value is -3.54. The molecule has 0 bridgehead atoms. The van der Waals surface area contributed by atoms with Gasteiger partial charge in [0.2, 0.25) is 17.7 Å². The van der Waals surface area contributed by atoms with E-state index in [2.05, 4.69) is 16.0 Å². The molecule has 1 saturated carbocycles. The van der Waals surface area contributed by atoms with Crippen LogP contribution in [0.15, 0.2) is 48.8 Å². The van der Waals surface area contributed by atoms with E-state index in [1.54, 1.807) is 49.5 Å². The molecule has 1 N–H and O–H groups in total. The van der Waals surface area contributed by atoms with Crippen LogP contribution in [0, 0.1) is 28.6 Å². The van der Waals surface area contributed by atoms with Crippen molar-refractivity contribution in [2.24, 2.45) is 17.3 Å². The second-order valence-electron chi connectivity index (χ2n) is 10.0. The van der Waals surface area contributed by atoms with Gasteiger partial charge in [-0.25, -0.2) is 9.88 Å². The third-order valence-electron chi connectivity index (χ3n) is 7.66. The monoisotopic (exact) mass is 504 g/mol. The molecule has 0 unspecified atom stereocenters. The number of carbonyl (C=O) groups excluding carboxylic acids is 2. The number of nitriles is 1. The van der Waals surface area contributed by atoms with Crippen LogP contribution >= 0.6 is 11.6 Å². The Bertz CT molecular complexity index is 1400. The molecule has 3 heterocycles. The summed E-state index contributed by atoms with van der Waals surface area (Å²) in [6.07, 6.45) is 4.50. The Morgan fingerprint density at radius 3 is 2.64 bits per heavy atom. The molecule has 0 spiro atoms. The van der Waals surface area contributed by atoms with Gasteiger partial charge in [-0.05, 0) is 61.9 Å². The van der Waals surface area contributed by atoms with Crippen molar-refractivity contribution in [1.29, 1.82) is 5.26 Å². The zero-order valence-electron chi connectivity index (χ0n) is 19.9. The Labute approximate surface area is 213 Å². The van der Waals surface area contributed by atoms with Crippen LogP contribution in [-0.2, 0) is 9.59 Å². The number of fused-ring (bicyclic) bond motifs is 2. The number of rotatable bonds is 5. The van der Waals surface area contributed by atoms with Crippen molar-refractivity contribution < 1.29 is 19.4 Å². The van der Waals surface area contributed by atoms with E-state index in [1.807, 2.05) is 6.92 Å². The van der Waals surface area contributed by atoms with E-state index in [1.165, 1.54) is 11.1 Å². The van der Waals surface area contributed by atoms with Crippen molar-refractivity contribution in [3.63, 3.8) is 0 Å². The van der Waals surface area contributed by atoms with Crippen molar-refractivity contribution in [3.8, 4) is 11.9 Å². The van der Waals surface area contributed by atoms with Crippen molar-refractivity contribution in [2.45, 2.75) is 38.7 Å². The number of imide groups is 1. The number of hydrogen-bond donors (Lipinski definition) is 1. The molecule has 2 aromatic heterocycles. The van der Waals surface area contributed by atoms with Crippen LogP contribution in [0.1, 0.15) is 38.7 Å². The van der Waals surface area contributed by atoms with Gasteiger partial charge in [0.05, 0.1) is 45.8 Å². The van der Waals surface area contributed by atoms with E-state index in [4.69, 9.17) is 16.3 Å². The zero-order chi connectivity index (χ0) is 25.7. The number of ether oxygens (including phenoxy) is 1. The van der Waals surface area contributed by atoms with Crippen molar-refractivity contribution in [3.05, 3.63) is 59.4 Å².